The van der Waals surface area contributed by atoms with Gasteiger partial charge in [-0.15, -0.1) is 0 Å². The van der Waals surface area contributed by atoms with Crippen LogP contribution in [0.1, 0.15) is 15.9 Å². The molecule has 0 saturated heterocycles. The van der Waals surface area contributed by atoms with E-state index in [0.29, 0.717) is 17.1 Å². The average Bonchev–Trinajstić information content (AvgIpc) is 2.34. The van der Waals surface area contributed by atoms with Gasteiger partial charge < -0.3 is 9.84 Å². The molecule has 0 radical (unpaired) electrons. The predicted molar refractivity (Wildman–Crippen MR) is 69.6 cm³/mol. The molecule has 0 fully saturated rings. The number of carboxylic acids is 1. The molecule has 0 unspecified atom stereocenters. The van der Waals surface area contributed by atoms with E-state index in [1.807, 2.05) is 0 Å². The van der Waals surface area contributed by atoms with E-state index in [1.165, 1.54) is 24.3 Å². The minimum absolute atomic E-state index is 0.154. The first-order valence-electron chi connectivity index (χ1n) is 5.44. The molecular weight excluding hydrogens is 271 g/mol. The second-order valence-corrected chi connectivity index (χ2v) is 4.37. The minimum Gasteiger partial charge on any atom is -0.478 e. The molecule has 0 aliphatic heterocycles. The van der Waals surface area contributed by atoms with Crippen molar-refractivity contribution in [2.75, 3.05) is 0 Å². The summed E-state index contributed by atoms with van der Waals surface area (Å²) in [5, 5.41) is 9.02. The molecule has 2 rings (SSSR count). The Hall–Kier alpha value is -2.07. The van der Waals surface area contributed by atoms with Crippen molar-refractivity contribution in [1.29, 1.82) is 0 Å². The minimum atomic E-state index is -1.01. The van der Waals surface area contributed by atoms with Gasteiger partial charge in [-0.2, -0.15) is 0 Å². The van der Waals surface area contributed by atoms with Gasteiger partial charge in [-0.05, 0) is 48.9 Å². The van der Waals surface area contributed by atoms with E-state index < -0.39 is 11.8 Å². The van der Waals surface area contributed by atoms with E-state index in [9.17, 15) is 9.18 Å². The Morgan fingerprint density at radius 2 is 1.89 bits per heavy atom. The van der Waals surface area contributed by atoms with E-state index >= 15 is 0 Å². The van der Waals surface area contributed by atoms with E-state index in [4.69, 9.17) is 21.4 Å². The summed E-state index contributed by atoms with van der Waals surface area (Å²) in [6, 6.07) is 8.28. The van der Waals surface area contributed by atoms with E-state index in [-0.39, 0.29) is 10.6 Å². The number of aryl methyl sites for hydroxylation is 1. The van der Waals surface area contributed by atoms with Crippen molar-refractivity contribution in [3.8, 4) is 11.5 Å². The van der Waals surface area contributed by atoms with Crippen LogP contribution in [0.5, 0.6) is 11.5 Å². The van der Waals surface area contributed by atoms with Crippen LogP contribution in [0, 0.1) is 12.7 Å². The third kappa shape index (κ3) is 3.03. The Labute approximate surface area is 114 Å². The third-order valence-corrected chi connectivity index (χ3v) is 2.83. The van der Waals surface area contributed by atoms with Gasteiger partial charge in [-0.3, -0.25) is 0 Å². The highest BCUT2D eigenvalue weighted by Gasteiger charge is 2.09. The van der Waals surface area contributed by atoms with Crippen molar-refractivity contribution in [2.24, 2.45) is 0 Å². The quantitative estimate of drug-likeness (QED) is 0.913. The summed E-state index contributed by atoms with van der Waals surface area (Å²) in [5.74, 6) is -0.669. The Kier molecular flexibility index (Phi) is 3.71. The summed E-state index contributed by atoms with van der Waals surface area (Å²) in [7, 11) is 0. The van der Waals surface area contributed by atoms with Crippen LogP contribution in [-0.4, -0.2) is 11.1 Å². The summed E-state index contributed by atoms with van der Waals surface area (Å²) < 4.78 is 18.4. The van der Waals surface area contributed by atoms with Gasteiger partial charge in [0, 0.05) is 0 Å². The molecule has 0 aromatic heterocycles. The van der Waals surface area contributed by atoms with Crippen LogP contribution in [0.2, 0.25) is 5.02 Å². The van der Waals surface area contributed by atoms with Crippen molar-refractivity contribution in [1.82, 2.24) is 0 Å². The van der Waals surface area contributed by atoms with Gasteiger partial charge in [0.05, 0.1) is 10.6 Å². The van der Waals surface area contributed by atoms with E-state index in [2.05, 4.69) is 0 Å². The number of benzene rings is 2. The molecule has 98 valence electrons. The highest BCUT2D eigenvalue weighted by Crippen LogP contribution is 2.31. The lowest BCUT2D eigenvalue weighted by Crippen LogP contribution is -1.97. The highest BCUT2D eigenvalue weighted by atomic mass is 35.5. The Balaban J connectivity index is 2.31. The maximum Gasteiger partial charge on any atom is 0.335 e. The zero-order chi connectivity index (χ0) is 14.0. The van der Waals surface area contributed by atoms with Gasteiger partial charge in [-0.1, -0.05) is 11.6 Å². The molecule has 5 heteroatoms. The van der Waals surface area contributed by atoms with Gasteiger partial charge in [0.1, 0.15) is 17.3 Å². The molecule has 0 heterocycles. The van der Waals surface area contributed by atoms with Gasteiger partial charge in [-0.25, -0.2) is 9.18 Å². The maximum absolute atomic E-state index is 12.9. The maximum atomic E-state index is 12.9. The van der Waals surface area contributed by atoms with Crippen LogP contribution in [0.15, 0.2) is 36.4 Å². The van der Waals surface area contributed by atoms with Crippen LogP contribution in [0.3, 0.4) is 0 Å². The first-order valence-corrected chi connectivity index (χ1v) is 5.82. The van der Waals surface area contributed by atoms with E-state index in [1.54, 1.807) is 13.0 Å². The standard InChI is InChI=1S/C14H10ClFO3/c1-8-6-9(14(17)18)2-4-12(8)19-13-5-3-10(16)7-11(13)15/h2-7H,1H3,(H,17,18). The Bertz CT molecular complexity index is 641. The molecule has 0 aliphatic carbocycles. The smallest absolute Gasteiger partial charge is 0.335 e. The first-order chi connectivity index (χ1) is 8.97. The average molecular weight is 281 g/mol. The van der Waals surface area contributed by atoms with Crippen molar-refractivity contribution in [3.05, 3.63) is 58.4 Å². The molecule has 0 aliphatic rings. The fraction of sp³-hybridized carbons (Fsp3) is 0.0714. The molecule has 0 saturated carbocycles. The summed E-state index contributed by atoms with van der Waals surface area (Å²) in [6.07, 6.45) is 0. The molecule has 0 spiro atoms. The largest absolute Gasteiger partial charge is 0.478 e. The van der Waals surface area contributed by atoms with Crippen LogP contribution < -0.4 is 4.74 Å². The number of hydrogen-bond donors (Lipinski definition) is 1. The second-order valence-electron chi connectivity index (χ2n) is 3.96. The predicted octanol–water partition coefficient (Wildman–Crippen LogP) is 4.28. The van der Waals surface area contributed by atoms with Gasteiger partial charge >= 0.3 is 5.97 Å². The number of halogens is 2. The number of hydrogen-bond acceptors (Lipinski definition) is 2. The molecule has 0 atom stereocenters. The molecule has 0 amide bonds. The van der Waals surface area contributed by atoms with Crippen molar-refractivity contribution < 1.29 is 19.0 Å². The summed E-state index contributed by atoms with van der Waals surface area (Å²) in [4.78, 5) is 10.8. The molecule has 0 bridgehead atoms. The van der Waals surface area contributed by atoms with Gasteiger partial charge in [0.25, 0.3) is 0 Å². The third-order valence-electron chi connectivity index (χ3n) is 2.54. The van der Waals surface area contributed by atoms with Crippen LogP contribution in [-0.2, 0) is 0 Å². The van der Waals surface area contributed by atoms with Crippen molar-refractivity contribution in [2.45, 2.75) is 6.92 Å². The van der Waals surface area contributed by atoms with Gasteiger partial charge in [0.2, 0.25) is 0 Å². The van der Waals surface area contributed by atoms with Crippen molar-refractivity contribution in [3.63, 3.8) is 0 Å². The number of carbonyl (C=O) groups is 1. The highest BCUT2D eigenvalue weighted by molar-refractivity contribution is 6.32. The molecule has 2 aromatic carbocycles. The number of carboxylic acid groups (broad SMARTS) is 1. The SMILES string of the molecule is Cc1cc(C(=O)O)ccc1Oc1ccc(F)cc1Cl. The lowest BCUT2D eigenvalue weighted by molar-refractivity contribution is 0.0697. The van der Waals surface area contributed by atoms with Gasteiger partial charge in [0.15, 0.2) is 0 Å². The second kappa shape index (κ2) is 5.28. The molecule has 1 N–H and O–H groups in total. The Morgan fingerprint density at radius 1 is 1.21 bits per heavy atom. The lowest BCUT2D eigenvalue weighted by Gasteiger charge is -2.10. The Morgan fingerprint density at radius 3 is 2.47 bits per heavy atom. The fourth-order valence-corrected chi connectivity index (χ4v) is 1.78. The lowest BCUT2D eigenvalue weighted by atomic mass is 10.1. The molecule has 19 heavy (non-hydrogen) atoms. The fourth-order valence-electron chi connectivity index (χ4n) is 1.57. The number of aromatic carboxylic acids is 1. The summed E-state index contributed by atoms with van der Waals surface area (Å²) in [5.41, 5.74) is 0.829. The molecule has 3 nitrogen and oxygen atoms in total. The summed E-state index contributed by atoms with van der Waals surface area (Å²) in [6.45, 7) is 1.72. The topological polar surface area (TPSA) is 46.5 Å². The number of rotatable bonds is 3. The normalized spacial score (nSPS) is 10.3. The first kappa shape index (κ1) is 13.4. The van der Waals surface area contributed by atoms with Crippen molar-refractivity contribution >= 4 is 17.6 Å². The van der Waals surface area contributed by atoms with Crippen LogP contribution in [0.25, 0.3) is 0 Å². The molecule has 2 aromatic rings. The monoisotopic (exact) mass is 280 g/mol. The van der Waals surface area contributed by atoms with Crippen LogP contribution >= 0.6 is 11.6 Å². The number of ether oxygens (including phenoxy) is 1. The van der Waals surface area contributed by atoms with E-state index in [0.717, 1.165) is 6.07 Å². The molecular formula is C14H10ClFO3. The summed E-state index contributed by atoms with van der Waals surface area (Å²) >= 11 is 5.85. The van der Waals surface area contributed by atoms with Crippen LogP contribution in [0.4, 0.5) is 4.39 Å². The zero-order valence-corrected chi connectivity index (χ0v) is 10.7. The zero-order valence-electron chi connectivity index (χ0n) is 9.98.